The molecule has 2 aromatic carbocycles. The number of hydrogen-bond acceptors (Lipinski definition) is 5. The standard InChI is InChI=1S/C21H23N3O5/c1-13-5-7-15(8-6-13)24-14(2)20(26)23(21(24)27)12-19(25)22-17-10-9-16(28-3)11-18(17)29-4/h5-11,14H,12H2,1-4H3,(H,22,25). The lowest BCUT2D eigenvalue weighted by Crippen LogP contribution is -2.39. The van der Waals surface area contributed by atoms with Gasteiger partial charge in [-0.25, -0.2) is 4.79 Å². The molecule has 1 saturated heterocycles. The number of carbonyl (C=O) groups excluding carboxylic acids is 3. The number of methoxy groups -OCH3 is 2. The fourth-order valence-electron chi connectivity index (χ4n) is 3.15. The summed E-state index contributed by atoms with van der Waals surface area (Å²) in [7, 11) is 3.00. The number of benzene rings is 2. The Bertz CT molecular complexity index is 942. The van der Waals surface area contributed by atoms with Gasteiger partial charge in [-0.3, -0.25) is 19.4 Å². The summed E-state index contributed by atoms with van der Waals surface area (Å²) < 4.78 is 10.4. The molecule has 1 heterocycles. The Morgan fingerprint density at radius 1 is 1.07 bits per heavy atom. The van der Waals surface area contributed by atoms with Crippen molar-refractivity contribution < 1.29 is 23.9 Å². The first kappa shape index (κ1) is 20.2. The number of nitrogens with zero attached hydrogens (tertiary/aromatic N) is 2. The van der Waals surface area contributed by atoms with Crippen LogP contribution in [-0.2, 0) is 9.59 Å². The Morgan fingerprint density at radius 2 is 1.76 bits per heavy atom. The largest absolute Gasteiger partial charge is 0.497 e. The third kappa shape index (κ3) is 4.01. The Hall–Kier alpha value is -3.55. The van der Waals surface area contributed by atoms with E-state index in [2.05, 4.69) is 5.32 Å². The highest BCUT2D eigenvalue weighted by molar-refractivity contribution is 6.16. The minimum absolute atomic E-state index is 0.389. The zero-order valence-electron chi connectivity index (χ0n) is 16.8. The molecule has 0 aliphatic carbocycles. The molecule has 0 bridgehead atoms. The fourth-order valence-corrected chi connectivity index (χ4v) is 3.15. The van der Waals surface area contributed by atoms with Gasteiger partial charge in [-0.2, -0.15) is 0 Å². The topological polar surface area (TPSA) is 88.2 Å². The van der Waals surface area contributed by atoms with Gasteiger partial charge in [-0.15, -0.1) is 0 Å². The maximum atomic E-state index is 12.8. The van der Waals surface area contributed by atoms with E-state index in [0.29, 0.717) is 22.9 Å². The third-order valence-corrected chi connectivity index (χ3v) is 4.74. The van der Waals surface area contributed by atoms with Crippen LogP contribution in [-0.4, -0.2) is 49.6 Å². The van der Waals surface area contributed by atoms with Gasteiger partial charge in [0.15, 0.2) is 0 Å². The molecule has 0 radical (unpaired) electrons. The van der Waals surface area contributed by atoms with Crippen LogP contribution in [0, 0.1) is 6.92 Å². The molecule has 0 aromatic heterocycles. The predicted molar refractivity (Wildman–Crippen MR) is 108 cm³/mol. The monoisotopic (exact) mass is 397 g/mol. The van der Waals surface area contributed by atoms with Crippen LogP contribution < -0.4 is 19.7 Å². The number of rotatable bonds is 6. The van der Waals surface area contributed by atoms with Gasteiger partial charge >= 0.3 is 6.03 Å². The zero-order valence-corrected chi connectivity index (χ0v) is 16.8. The normalized spacial score (nSPS) is 16.2. The molecule has 0 spiro atoms. The van der Waals surface area contributed by atoms with E-state index in [1.54, 1.807) is 37.3 Å². The molecule has 29 heavy (non-hydrogen) atoms. The van der Waals surface area contributed by atoms with Crippen LogP contribution in [0.3, 0.4) is 0 Å². The van der Waals surface area contributed by atoms with Gasteiger partial charge in [-0.05, 0) is 38.1 Å². The van der Waals surface area contributed by atoms with Crippen molar-refractivity contribution in [2.45, 2.75) is 19.9 Å². The highest BCUT2D eigenvalue weighted by Crippen LogP contribution is 2.29. The van der Waals surface area contributed by atoms with Crippen LogP contribution >= 0.6 is 0 Å². The van der Waals surface area contributed by atoms with Crippen molar-refractivity contribution in [1.82, 2.24) is 4.90 Å². The number of nitrogens with one attached hydrogen (secondary N) is 1. The molecule has 3 rings (SSSR count). The minimum atomic E-state index is -0.687. The molecule has 1 fully saturated rings. The van der Waals surface area contributed by atoms with Gasteiger partial charge in [0.05, 0.1) is 19.9 Å². The summed E-state index contributed by atoms with van der Waals surface area (Å²) >= 11 is 0. The van der Waals surface area contributed by atoms with Gasteiger partial charge in [0.2, 0.25) is 5.91 Å². The fraction of sp³-hybridized carbons (Fsp3) is 0.286. The van der Waals surface area contributed by atoms with E-state index in [9.17, 15) is 14.4 Å². The summed E-state index contributed by atoms with van der Waals surface area (Å²) in [6, 6.07) is 11.0. The lowest BCUT2D eigenvalue weighted by Gasteiger charge is -2.19. The number of aryl methyl sites for hydroxylation is 1. The van der Waals surface area contributed by atoms with Crippen molar-refractivity contribution in [1.29, 1.82) is 0 Å². The highest BCUT2D eigenvalue weighted by atomic mass is 16.5. The maximum Gasteiger partial charge on any atom is 0.332 e. The van der Waals surface area contributed by atoms with Gasteiger partial charge < -0.3 is 14.8 Å². The van der Waals surface area contributed by atoms with E-state index in [1.807, 2.05) is 19.1 Å². The number of hydrogen-bond donors (Lipinski definition) is 1. The molecule has 1 unspecified atom stereocenters. The van der Waals surface area contributed by atoms with Crippen molar-refractivity contribution in [3.63, 3.8) is 0 Å². The summed E-state index contributed by atoms with van der Waals surface area (Å²) in [5.74, 6) is 0.0549. The first-order chi connectivity index (χ1) is 13.8. The molecule has 0 saturated carbocycles. The molecule has 1 aliphatic heterocycles. The highest BCUT2D eigenvalue weighted by Gasteiger charge is 2.44. The van der Waals surface area contributed by atoms with Gasteiger partial charge in [0.1, 0.15) is 24.1 Å². The second kappa shape index (κ2) is 8.22. The molecule has 2 aromatic rings. The summed E-state index contributed by atoms with van der Waals surface area (Å²) in [5, 5.41) is 2.67. The minimum Gasteiger partial charge on any atom is -0.497 e. The molecule has 1 N–H and O–H groups in total. The number of anilines is 2. The van der Waals surface area contributed by atoms with Crippen LogP contribution in [0.2, 0.25) is 0 Å². The number of ether oxygens (including phenoxy) is 2. The van der Waals surface area contributed by atoms with Crippen LogP contribution in [0.15, 0.2) is 42.5 Å². The quantitative estimate of drug-likeness (QED) is 0.758. The number of imide groups is 1. The van der Waals surface area contributed by atoms with E-state index in [4.69, 9.17) is 9.47 Å². The molecule has 152 valence electrons. The van der Waals surface area contributed by atoms with Crippen LogP contribution in [0.1, 0.15) is 12.5 Å². The third-order valence-electron chi connectivity index (χ3n) is 4.74. The van der Waals surface area contributed by atoms with Crippen molar-refractivity contribution in [3.8, 4) is 11.5 Å². The van der Waals surface area contributed by atoms with E-state index in [1.165, 1.54) is 19.1 Å². The number of carbonyl (C=O) groups is 3. The van der Waals surface area contributed by atoms with Crippen LogP contribution in [0.25, 0.3) is 0 Å². The molecule has 8 heteroatoms. The number of amides is 4. The molecular formula is C21H23N3O5. The second-order valence-corrected chi connectivity index (χ2v) is 6.70. The first-order valence-corrected chi connectivity index (χ1v) is 9.08. The van der Waals surface area contributed by atoms with Crippen LogP contribution in [0.4, 0.5) is 16.2 Å². The smallest absolute Gasteiger partial charge is 0.332 e. The van der Waals surface area contributed by atoms with E-state index < -0.39 is 23.9 Å². The average molecular weight is 397 g/mol. The Labute approximate surface area is 169 Å². The SMILES string of the molecule is COc1ccc(NC(=O)CN2C(=O)C(C)N(c3ccc(C)cc3)C2=O)c(OC)c1. The molecule has 1 aliphatic rings. The lowest BCUT2D eigenvalue weighted by atomic mass is 10.2. The maximum absolute atomic E-state index is 12.8. The van der Waals surface area contributed by atoms with Crippen LogP contribution in [0.5, 0.6) is 11.5 Å². The summed E-state index contributed by atoms with van der Waals surface area (Å²) in [6.07, 6.45) is 0. The Kier molecular flexibility index (Phi) is 5.72. The number of urea groups is 1. The molecule has 8 nitrogen and oxygen atoms in total. The predicted octanol–water partition coefficient (Wildman–Crippen LogP) is 2.81. The lowest BCUT2D eigenvalue weighted by molar-refractivity contribution is -0.130. The summed E-state index contributed by atoms with van der Waals surface area (Å²) in [5.41, 5.74) is 2.08. The van der Waals surface area contributed by atoms with Crippen molar-refractivity contribution in [2.24, 2.45) is 0 Å². The first-order valence-electron chi connectivity index (χ1n) is 9.08. The molecule has 1 atom stereocenters. The Balaban J connectivity index is 1.74. The van der Waals surface area contributed by atoms with Crippen molar-refractivity contribution >= 4 is 29.2 Å². The summed E-state index contributed by atoms with van der Waals surface area (Å²) in [4.78, 5) is 40.3. The van der Waals surface area contributed by atoms with E-state index in [-0.39, 0.29) is 6.54 Å². The van der Waals surface area contributed by atoms with Crippen molar-refractivity contribution in [2.75, 3.05) is 31.0 Å². The van der Waals surface area contributed by atoms with E-state index >= 15 is 0 Å². The van der Waals surface area contributed by atoms with Gasteiger partial charge in [0.25, 0.3) is 5.91 Å². The van der Waals surface area contributed by atoms with E-state index in [0.717, 1.165) is 10.5 Å². The van der Waals surface area contributed by atoms with Gasteiger partial charge in [-0.1, -0.05) is 17.7 Å². The van der Waals surface area contributed by atoms with Crippen molar-refractivity contribution in [3.05, 3.63) is 48.0 Å². The Morgan fingerprint density at radius 3 is 2.38 bits per heavy atom. The second-order valence-electron chi connectivity index (χ2n) is 6.70. The zero-order chi connectivity index (χ0) is 21.1. The van der Waals surface area contributed by atoms with Gasteiger partial charge in [0, 0.05) is 11.8 Å². The molecule has 4 amide bonds. The average Bonchev–Trinajstić information content (AvgIpc) is 2.92. The molecular weight excluding hydrogens is 374 g/mol. The summed E-state index contributed by atoms with van der Waals surface area (Å²) in [6.45, 7) is 3.19.